The highest BCUT2D eigenvalue weighted by Crippen LogP contribution is 2.20. The van der Waals surface area contributed by atoms with Gasteiger partial charge >= 0.3 is 6.18 Å². The van der Waals surface area contributed by atoms with Crippen LogP contribution in [0.3, 0.4) is 0 Å². The fourth-order valence-corrected chi connectivity index (χ4v) is 2.22. The van der Waals surface area contributed by atoms with Crippen LogP contribution in [-0.4, -0.2) is 36.6 Å². The summed E-state index contributed by atoms with van der Waals surface area (Å²) in [6.45, 7) is 6.88. The van der Waals surface area contributed by atoms with Crippen LogP contribution in [0.25, 0.3) is 0 Å². The summed E-state index contributed by atoms with van der Waals surface area (Å²) in [6, 6.07) is 0. The van der Waals surface area contributed by atoms with Gasteiger partial charge in [0, 0.05) is 13.0 Å². The van der Waals surface area contributed by atoms with E-state index in [0.29, 0.717) is 12.5 Å². The number of halogens is 3. The van der Waals surface area contributed by atoms with Gasteiger partial charge in [0.15, 0.2) is 0 Å². The maximum atomic E-state index is 12.5. The average Bonchev–Trinajstić information content (AvgIpc) is 2.23. The summed E-state index contributed by atoms with van der Waals surface area (Å²) in [7, 11) is 0. The monoisotopic (exact) mass is 296 g/mol. The van der Waals surface area contributed by atoms with Gasteiger partial charge in [-0.15, -0.1) is 0 Å². The topological polar surface area (TPSA) is 46.3 Å². The summed E-state index contributed by atoms with van der Waals surface area (Å²) in [6.07, 6.45) is -3.51. The van der Waals surface area contributed by atoms with Crippen molar-refractivity contribution < 1.29 is 18.0 Å². The highest BCUT2D eigenvalue weighted by Gasteiger charge is 2.33. The Labute approximate surface area is 119 Å². The molecule has 0 heterocycles. The van der Waals surface area contributed by atoms with E-state index in [9.17, 15) is 18.0 Å². The Morgan fingerprint density at radius 2 is 1.70 bits per heavy atom. The smallest absolute Gasteiger partial charge is 0.333 e. The van der Waals surface area contributed by atoms with Gasteiger partial charge in [-0.25, -0.2) is 0 Å². The third-order valence-corrected chi connectivity index (χ3v) is 2.91. The van der Waals surface area contributed by atoms with Gasteiger partial charge in [-0.3, -0.25) is 4.79 Å². The van der Waals surface area contributed by atoms with E-state index in [4.69, 9.17) is 5.73 Å². The minimum atomic E-state index is -4.36. The predicted molar refractivity (Wildman–Crippen MR) is 74.1 cm³/mol. The molecule has 3 nitrogen and oxygen atoms in total. The van der Waals surface area contributed by atoms with Gasteiger partial charge in [-0.2, -0.15) is 13.2 Å². The Morgan fingerprint density at radius 1 is 1.15 bits per heavy atom. The van der Waals surface area contributed by atoms with Crippen LogP contribution in [0.4, 0.5) is 13.2 Å². The van der Waals surface area contributed by atoms with Gasteiger partial charge in [0.05, 0.1) is 0 Å². The molecule has 0 fully saturated rings. The van der Waals surface area contributed by atoms with Crippen LogP contribution < -0.4 is 5.73 Å². The van der Waals surface area contributed by atoms with Gasteiger partial charge in [0.2, 0.25) is 5.91 Å². The normalized spacial score (nSPS) is 13.9. The summed E-state index contributed by atoms with van der Waals surface area (Å²) in [5, 5.41) is 0. The molecule has 0 aromatic carbocycles. The first kappa shape index (κ1) is 19.2. The van der Waals surface area contributed by atoms with Crippen LogP contribution in [0.2, 0.25) is 0 Å². The lowest BCUT2D eigenvalue weighted by Gasteiger charge is -2.27. The van der Waals surface area contributed by atoms with Gasteiger partial charge in [-0.05, 0) is 30.7 Å². The maximum Gasteiger partial charge on any atom is 0.406 e. The zero-order valence-electron chi connectivity index (χ0n) is 12.8. The van der Waals surface area contributed by atoms with E-state index in [1.165, 1.54) is 0 Å². The molecule has 0 aromatic heterocycles. The minimum Gasteiger partial charge on any atom is -0.333 e. The SMILES string of the molecule is CC(C)C[C@H](CN)CC(=O)N(CC(C)C)CC(F)(F)F. The number of amides is 1. The molecule has 0 aromatic rings. The van der Waals surface area contributed by atoms with Crippen LogP contribution >= 0.6 is 0 Å². The second-order valence-corrected chi connectivity index (χ2v) is 6.22. The maximum absolute atomic E-state index is 12.5. The van der Waals surface area contributed by atoms with E-state index >= 15 is 0 Å². The van der Waals surface area contributed by atoms with E-state index in [-0.39, 0.29) is 24.8 Å². The number of carbonyl (C=O) groups excluding carboxylic acids is 1. The Balaban J connectivity index is 4.67. The number of nitrogens with two attached hydrogens (primary N) is 1. The molecule has 2 N–H and O–H groups in total. The van der Waals surface area contributed by atoms with E-state index in [1.807, 2.05) is 13.8 Å². The molecule has 6 heteroatoms. The van der Waals surface area contributed by atoms with Crippen LogP contribution in [0, 0.1) is 17.8 Å². The predicted octanol–water partition coefficient (Wildman–Crippen LogP) is 3.04. The number of rotatable bonds is 8. The van der Waals surface area contributed by atoms with Gasteiger partial charge in [-0.1, -0.05) is 27.7 Å². The number of hydrogen-bond donors (Lipinski definition) is 1. The van der Waals surface area contributed by atoms with E-state index in [1.54, 1.807) is 13.8 Å². The third kappa shape index (κ3) is 9.18. The van der Waals surface area contributed by atoms with Crippen molar-refractivity contribution in [2.45, 2.75) is 46.7 Å². The number of hydrogen-bond acceptors (Lipinski definition) is 2. The van der Waals surface area contributed by atoms with Gasteiger partial charge in [0.25, 0.3) is 0 Å². The summed E-state index contributed by atoms with van der Waals surface area (Å²) in [5.74, 6) is -0.127. The summed E-state index contributed by atoms with van der Waals surface area (Å²) >= 11 is 0. The standard InChI is InChI=1S/C14H27F3N2O/c1-10(2)5-12(7-18)6-13(20)19(8-11(3)4)9-14(15,16)17/h10-12H,5-9,18H2,1-4H3/t12-/m0/s1. The first-order valence-corrected chi connectivity index (χ1v) is 7.09. The molecule has 0 aliphatic heterocycles. The zero-order chi connectivity index (χ0) is 15.9. The van der Waals surface area contributed by atoms with Crippen molar-refractivity contribution in [2.75, 3.05) is 19.6 Å². The van der Waals surface area contributed by atoms with E-state index in [0.717, 1.165) is 11.3 Å². The Hall–Kier alpha value is -0.780. The number of nitrogens with zero attached hydrogens (tertiary/aromatic N) is 1. The van der Waals surface area contributed by atoms with Crippen LogP contribution in [0.5, 0.6) is 0 Å². The molecule has 0 rings (SSSR count). The molecule has 0 aliphatic rings. The van der Waals surface area contributed by atoms with E-state index < -0.39 is 18.6 Å². The quantitative estimate of drug-likeness (QED) is 0.748. The molecule has 0 bridgehead atoms. The molecule has 0 aliphatic carbocycles. The number of alkyl halides is 3. The van der Waals surface area contributed by atoms with Crippen molar-refractivity contribution in [3.63, 3.8) is 0 Å². The Bertz CT molecular complexity index is 291. The van der Waals surface area contributed by atoms with Crippen molar-refractivity contribution in [1.29, 1.82) is 0 Å². The molecule has 0 saturated carbocycles. The summed E-state index contributed by atoms with van der Waals surface area (Å²) in [4.78, 5) is 13.0. The lowest BCUT2D eigenvalue weighted by molar-refractivity contribution is -0.162. The first-order chi connectivity index (χ1) is 9.05. The van der Waals surface area contributed by atoms with E-state index in [2.05, 4.69) is 0 Å². The van der Waals surface area contributed by atoms with Crippen LogP contribution in [0.1, 0.15) is 40.5 Å². The van der Waals surface area contributed by atoms with Crippen molar-refractivity contribution in [3.05, 3.63) is 0 Å². The van der Waals surface area contributed by atoms with Gasteiger partial charge < -0.3 is 10.6 Å². The molecule has 1 amide bonds. The largest absolute Gasteiger partial charge is 0.406 e. The highest BCUT2D eigenvalue weighted by molar-refractivity contribution is 5.76. The molecule has 0 spiro atoms. The van der Waals surface area contributed by atoms with Gasteiger partial charge in [0.1, 0.15) is 6.54 Å². The highest BCUT2D eigenvalue weighted by atomic mass is 19.4. The lowest BCUT2D eigenvalue weighted by atomic mass is 9.93. The Morgan fingerprint density at radius 3 is 2.05 bits per heavy atom. The molecule has 0 radical (unpaired) electrons. The lowest BCUT2D eigenvalue weighted by Crippen LogP contribution is -2.42. The second-order valence-electron chi connectivity index (χ2n) is 6.22. The average molecular weight is 296 g/mol. The number of carbonyl (C=O) groups is 1. The van der Waals surface area contributed by atoms with Crippen molar-refractivity contribution in [1.82, 2.24) is 4.90 Å². The molecular formula is C14H27F3N2O. The molecule has 0 unspecified atom stereocenters. The third-order valence-electron chi connectivity index (χ3n) is 2.91. The Kier molecular flexibility index (Phi) is 8.16. The second kappa shape index (κ2) is 8.49. The summed E-state index contributed by atoms with van der Waals surface area (Å²) in [5.41, 5.74) is 5.61. The fourth-order valence-electron chi connectivity index (χ4n) is 2.22. The molecular weight excluding hydrogens is 269 g/mol. The molecule has 0 saturated heterocycles. The zero-order valence-corrected chi connectivity index (χ0v) is 12.8. The van der Waals surface area contributed by atoms with Crippen molar-refractivity contribution in [3.8, 4) is 0 Å². The molecule has 1 atom stereocenters. The van der Waals surface area contributed by atoms with Crippen LogP contribution in [0.15, 0.2) is 0 Å². The first-order valence-electron chi connectivity index (χ1n) is 7.09. The fraction of sp³-hybridized carbons (Fsp3) is 0.929. The van der Waals surface area contributed by atoms with Crippen molar-refractivity contribution in [2.24, 2.45) is 23.5 Å². The van der Waals surface area contributed by atoms with Crippen molar-refractivity contribution >= 4 is 5.91 Å². The molecule has 120 valence electrons. The van der Waals surface area contributed by atoms with Crippen LogP contribution in [-0.2, 0) is 4.79 Å². The minimum absolute atomic E-state index is 0.00252. The summed E-state index contributed by atoms with van der Waals surface area (Å²) < 4.78 is 37.6. The molecule has 20 heavy (non-hydrogen) atoms.